The number of hydrogen-bond acceptors (Lipinski definition) is 5. The van der Waals surface area contributed by atoms with Gasteiger partial charge in [-0.2, -0.15) is 0 Å². The van der Waals surface area contributed by atoms with Gasteiger partial charge >= 0.3 is 0 Å². The molecule has 1 aromatic carbocycles. The monoisotopic (exact) mass is 413 g/mol. The van der Waals surface area contributed by atoms with E-state index in [-0.39, 0.29) is 5.91 Å². The predicted molar refractivity (Wildman–Crippen MR) is 123 cm³/mol. The van der Waals surface area contributed by atoms with Gasteiger partial charge in [0.2, 0.25) is 5.91 Å². The molecule has 0 aliphatic carbocycles. The number of nitrogens with one attached hydrogen (secondary N) is 1. The maximum absolute atomic E-state index is 12.7. The van der Waals surface area contributed by atoms with Gasteiger partial charge in [-0.15, -0.1) is 0 Å². The third-order valence-corrected chi connectivity index (χ3v) is 5.53. The molecule has 1 amide bonds. The molecular weight excluding hydrogens is 386 g/mol. The van der Waals surface area contributed by atoms with Crippen LogP contribution < -0.4 is 5.32 Å². The van der Waals surface area contributed by atoms with E-state index in [9.17, 15) is 4.79 Å². The number of carbonyl (C=O) groups excluding carboxylic acids is 1. The van der Waals surface area contributed by atoms with E-state index in [1.165, 1.54) is 0 Å². The van der Waals surface area contributed by atoms with E-state index < -0.39 is 0 Å². The fourth-order valence-electron chi connectivity index (χ4n) is 3.88. The summed E-state index contributed by atoms with van der Waals surface area (Å²) in [7, 11) is 0. The molecule has 1 saturated heterocycles. The van der Waals surface area contributed by atoms with Crippen molar-refractivity contribution in [2.24, 2.45) is 5.92 Å². The van der Waals surface area contributed by atoms with Crippen molar-refractivity contribution in [2.45, 2.75) is 26.2 Å². The molecule has 1 fully saturated rings. The summed E-state index contributed by atoms with van der Waals surface area (Å²) >= 11 is 0. The van der Waals surface area contributed by atoms with E-state index in [2.05, 4.69) is 20.3 Å². The molecule has 1 atom stereocenters. The Bertz CT molecular complexity index is 1050. The van der Waals surface area contributed by atoms with Gasteiger partial charge in [0.25, 0.3) is 0 Å². The van der Waals surface area contributed by atoms with Crippen LogP contribution in [0.4, 0.5) is 11.6 Å². The highest BCUT2D eigenvalue weighted by Gasteiger charge is 2.23. The molecule has 158 valence electrons. The number of carbonyl (C=O) groups is 1. The molecule has 3 heterocycles. The Morgan fingerprint density at radius 2 is 2.03 bits per heavy atom. The number of likely N-dealkylation sites (tertiary alicyclic amines) is 1. The lowest BCUT2D eigenvalue weighted by Crippen LogP contribution is -2.39. The predicted octanol–water partition coefficient (Wildman–Crippen LogP) is 4.42. The van der Waals surface area contributed by atoms with Crippen molar-refractivity contribution >= 4 is 23.6 Å². The van der Waals surface area contributed by atoms with Crippen molar-refractivity contribution in [3.63, 3.8) is 0 Å². The zero-order valence-corrected chi connectivity index (χ0v) is 17.7. The van der Waals surface area contributed by atoms with Crippen molar-refractivity contribution < 1.29 is 4.79 Å². The van der Waals surface area contributed by atoms with Gasteiger partial charge in [-0.25, -0.2) is 15.0 Å². The summed E-state index contributed by atoms with van der Waals surface area (Å²) in [5.74, 6) is 2.00. The zero-order valence-electron chi connectivity index (χ0n) is 17.7. The summed E-state index contributed by atoms with van der Waals surface area (Å²) in [5.41, 5.74) is 3.08. The fourth-order valence-corrected chi connectivity index (χ4v) is 3.88. The Hall–Kier alpha value is -3.54. The summed E-state index contributed by atoms with van der Waals surface area (Å²) < 4.78 is 0. The first kappa shape index (κ1) is 20.7. The Labute approximate surface area is 183 Å². The topological polar surface area (TPSA) is 71.0 Å². The number of pyridine rings is 1. The summed E-state index contributed by atoms with van der Waals surface area (Å²) in [6, 6.07) is 15.8. The quantitative estimate of drug-likeness (QED) is 0.606. The first-order chi connectivity index (χ1) is 15.2. The lowest BCUT2D eigenvalue weighted by atomic mass is 9.93. The fraction of sp³-hybridized carbons (Fsp3) is 0.280. The lowest BCUT2D eigenvalue weighted by Gasteiger charge is -2.32. The van der Waals surface area contributed by atoms with Crippen LogP contribution >= 0.6 is 0 Å². The summed E-state index contributed by atoms with van der Waals surface area (Å²) in [4.78, 5) is 27.8. The largest absolute Gasteiger partial charge is 0.339 e. The Kier molecular flexibility index (Phi) is 6.67. The molecule has 6 heteroatoms. The van der Waals surface area contributed by atoms with Crippen LogP contribution in [-0.2, 0) is 11.2 Å². The number of amides is 1. The number of aryl methyl sites for hydroxylation is 1. The van der Waals surface area contributed by atoms with Gasteiger partial charge in [-0.1, -0.05) is 36.4 Å². The number of nitrogens with zero attached hydrogens (tertiary/aromatic N) is 4. The molecule has 1 aliphatic rings. The van der Waals surface area contributed by atoms with Crippen molar-refractivity contribution in [1.29, 1.82) is 0 Å². The molecule has 0 spiro atoms. The minimum Gasteiger partial charge on any atom is -0.339 e. The van der Waals surface area contributed by atoms with Crippen molar-refractivity contribution in [3.05, 3.63) is 84.0 Å². The highest BCUT2D eigenvalue weighted by molar-refractivity contribution is 5.91. The maximum atomic E-state index is 12.7. The van der Waals surface area contributed by atoms with E-state index in [4.69, 9.17) is 0 Å². The SMILES string of the molecule is Cc1cccnc1Nc1cc(C[C@@H]2CCCN(C(=O)/C=C/c3ccccc3)C2)ncn1. The number of aromatic nitrogens is 3. The van der Waals surface area contributed by atoms with E-state index in [1.807, 2.05) is 66.4 Å². The van der Waals surface area contributed by atoms with Gasteiger partial charge in [0, 0.05) is 37.1 Å². The minimum absolute atomic E-state index is 0.0734. The maximum Gasteiger partial charge on any atom is 0.246 e. The highest BCUT2D eigenvalue weighted by atomic mass is 16.2. The van der Waals surface area contributed by atoms with Gasteiger partial charge in [-0.3, -0.25) is 4.79 Å². The molecule has 0 bridgehead atoms. The van der Waals surface area contributed by atoms with Gasteiger partial charge in [0.1, 0.15) is 18.0 Å². The number of piperidine rings is 1. The second kappa shape index (κ2) is 9.98. The molecule has 31 heavy (non-hydrogen) atoms. The second-order valence-corrected chi connectivity index (χ2v) is 7.93. The average molecular weight is 414 g/mol. The molecular formula is C25H27N5O. The summed E-state index contributed by atoms with van der Waals surface area (Å²) in [6.45, 7) is 3.57. The smallest absolute Gasteiger partial charge is 0.246 e. The summed E-state index contributed by atoms with van der Waals surface area (Å²) in [5, 5.41) is 3.27. The molecule has 2 aromatic heterocycles. The van der Waals surface area contributed by atoms with Crippen LogP contribution in [0.2, 0.25) is 0 Å². The standard InChI is InChI=1S/C25H27N5O/c1-19-7-5-13-26-25(19)29-23-16-22(27-18-28-23)15-21-10-6-14-30(17-21)24(31)12-11-20-8-3-2-4-9-20/h2-5,7-9,11-13,16,18,21H,6,10,14-15,17H2,1H3,(H,26,27,28,29)/b12-11+/t21-/m0/s1. The Morgan fingerprint density at radius 3 is 2.87 bits per heavy atom. The molecule has 1 aliphatic heterocycles. The molecule has 0 radical (unpaired) electrons. The number of anilines is 2. The molecule has 1 N–H and O–H groups in total. The van der Waals surface area contributed by atoms with Crippen molar-refractivity contribution in [1.82, 2.24) is 19.9 Å². The molecule has 3 aromatic rings. The van der Waals surface area contributed by atoms with Crippen LogP contribution in [0.3, 0.4) is 0 Å². The number of benzene rings is 1. The normalized spacial score (nSPS) is 16.4. The van der Waals surface area contributed by atoms with Crippen LogP contribution in [0.25, 0.3) is 6.08 Å². The van der Waals surface area contributed by atoms with Crippen LogP contribution in [-0.4, -0.2) is 38.8 Å². The van der Waals surface area contributed by atoms with Crippen molar-refractivity contribution in [3.8, 4) is 0 Å². The number of hydrogen-bond donors (Lipinski definition) is 1. The summed E-state index contributed by atoms with van der Waals surface area (Å²) in [6.07, 6.45) is 9.84. The van der Waals surface area contributed by atoms with E-state index in [0.29, 0.717) is 5.92 Å². The van der Waals surface area contributed by atoms with E-state index in [1.54, 1.807) is 18.6 Å². The molecule has 0 saturated carbocycles. The molecule has 6 nitrogen and oxygen atoms in total. The third kappa shape index (κ3) is 5.75. The third-order valence-electron chi connectivity index (χ3n) is 5.53. The lowest BCUT2D eigenvalue weighted by molar-refractivity contribution is -0.127. The second-order valence-electron chi connectivity index (χ2n) is 7.93. The van der Waals surface area contributed by atoms with Crippen LogP contribution in [0.1, 0.15) is 29.7 Å². The molecule has 0 unspecified atom stereocenters. The van der Waals surface area contributed by atoms with Crippen LogP contribution in [0.15, 0.2) is 67.1 Å². The van der Waals surface area contributed by atoms with E-state index in [0.717, 1.165) is 60.8 Å². The van der Waals surface area contributed by atoms with Crippen molar-refractivity contribution in [2.75, 3.05) is 18.4 Å². The zero-order chi connectivity index (χ0) is 21.5. The molecule has 4 rings (SSSR count). The number of rotatable bonds is 6. The van der Waals surface area contributed by atoms with Gasteiger partial charge < -0.3 is 10.2 Å². The average Bonchev–Trinajstić information content (AvgIpc) is 2.80. The minimum atomic E-state index is 0.0734. The Morgan fingerprint density at radius 1 is 1.16 bits per heavy atom. The first-order valence-electron chi connectivity index (χ1n) is 10.7. The van der Waals surface area contributed by atoms with Gasteiger partial charge in [0.05, 0.1) is 0 Å². The van der Waals surface area contributed by atoms with Gasteiger partial charge in [-0.05, 0) is 55.4 Å². The van der Waals surface area contributed by atoms with E-state index >= 15 is 0 Å². The Balaban J connectivity index is 1.36. The first-order valence-corrected chi connectivity index (χ1v) is 10.7. The van der Waals surface area contributed by atoms with Gasteiger partial charge in [0.15, 0.2) is 0 Å². The highest BCUT2D eigenvalue weighted by Crippen LogP contribution is 2.22. The van der Waals surface area contributed by atoms with Crippen LogP contribution in [0, 0.1) is 12.8 Å². The van der Waals surface area contributed by atoms with Crippen LogP contribution in [0.5, 0.6) is 0 Å².